The molecule has 0 saturated carbocycles. The predicted octanol–water partition coefficient (Wildman–Crippen LogP) is 5.98. The van der Waals surface area contributed by atoms with Crippen molar-refractivity contribution in [2.24, 2.45) is 0 Å². The average Bonchev–Trinajstić information content (AvgIpc) is 3.38. The summed E-state index contributed by atoms with van der Waals surface area (Å²) in [5.41, 5.74) is 0.201. The monoisotopic (exact) mass is 546 g/mol. The van der Waals surface area contributed by atoms with E-state index in [9.17, 15) is 21.6 Å². The maximum absolute atomic E-state index is 13.5. The Hall–Kier alpha value is -2.47. The maximum Gasteiger partial charge on any atom is 0.419 e. The molecular formula is C23H22ClF3N2O4S2. The van der Waals surface area contributed by atoms with Gasteiger partial charge in [-0.25, -0.2) is 8.42 Å². The lowest BCUT2D eigenvalue weighted by molar-refractivity contribution is -0.139. The number of likely N-dealkylation sites (tertiary alicyclic amines) is 1. The van der Waals surface area contributed by atoms with Gasteiger partial charge < -0.3 is 14.4 Å². The van der Waals surface area contributed by atoms with Crippen molar-refractivity contribution in [1.82, 2.24) is 4.90 Å². The Morgan fingerprint density at radius 3 is 2.46 bits per heavy atom. The summed E-state index contributed by atoms with van der Waals surface area (Å²) in [7, 11) is -0.736. The molecule has 0 radical (unpaired) electrons. The molecule has 2 heterocycles. The first-order valence-electron chi connectivity index (χ1n) is 10.5. The molecule has 0 unspecified atom stereocenters. The molecule has 188 valence electrons. The van der Waals surface area contributed by atoms with Gasteiger partial charge in [-0.2, -0.15) is 13.2 Å². The second kappa shape index (κ2) is 9.88. The number of halogens is 4. The van der Waals surface area contributed by atoms with Gasteiger partial charge in [0.15, 0.2) is 0 Å². The number of hydrogen-bond donors (Lipinski definition) is 1. The first-order valence-corrected chi connectivity index (χ1v) is 13.2. The third kappa shape index (κ3) is 5.85. The number of nitrogens with zero attached hydrogens (tertiary/aromatic N) is 1. The van der Waals surface area contributed by atoms with Gasteiger partial charge in [0.1, 0.15) is 26.1 Å². The van der Waals surface area contributed by atoms with Crippen LogP contribution in [-0.4, -0.2) is 46.7 Å². The molecule has 4 rings (SSSR count). The van der Waals surface area contributed by atoms with E-state index >= 15 is 0 Å². The third-order valence-corrected chi connectivity index (χ3v) is 8.72. The lowest BCUT2D eigenvalue weighted by Gasteiger charge is -2.19. The Morgan fingerprint density at radius 1 is 1.14 bits per heavy atom. The van der Waals surface area contributed by atoms with Gasteiger partial charge in [-0.3, -0.25) is 4.72 Å². The second-order valence-electron chi connectivity index (χ2n) is 8.09. The fourth-order valence-electron chi connectivity index (χ4n) is 3.74. The predicted molar refractivity (Wildman–Crippen MR) is 130 cm³/mol. The summed E-state index contributed by atoms with van der Waals surface area (Å²) in [5, 5.41) is 0. The van der Waals surface area contributed by atoms with E-state index in [2.05, 4.69) is 4.72 Å². The second-order valence-corrected chi connectivity index (χ2v) is 11.6. The van der Waals surface area contributed by atoms with Crippen LogP contribution >= 0.6 is 22.9 Å². The summed E-state index contributed by atoms with van der Waals surface area (Å²) in [4.78, 5) is 1.95. The minimum atomic E-state index is -4.65. The number of sulfonamides is 1. The number of nitrogens with one attached hydrogen (secondary N) is 1. The largest absolute Gasteiger partial charge is 0.497 e. The quantitative estimate of drug-likeness (QED) is 0.395. The topological polar surface area (TPSA) is 67.9 Å². The van der Waals surface area contributed by atoms with Gasteiger partial charge in [0.2, 0.25) is 0 Å². The standard InChI is InChI=1S/C23H22ClF3N2O4S2/c1-29-10-9-17(13-29)33-20-11-15(5-8-19(20)23(25,26)27)28-35(30,31)21-12-18(22(24)34-21)14-3-6-16(32-2)7-4-14/h3-8,11-12,17,28H,9-10,13H2,1-2H3/t17-/m1/s1. The highest BCUT2D eigenvalue weighted by Crippen LogP contribution is 2.41. The van der Waals surface area contributed by atoms with Gasteiger partial charge in [0.05, 0.1) is 18.4 Å². The number of hydrogen-bond acceptors (Lipinski definition) is 6. The first-order chi connectivity index (χ1) is 16.5. The number of thiophene rings is 1. The number of rotatable bonds is 7. The molecule has 0 bridgehead atoms. The molecule has 1 aromatic heterocycles. The SMILES string of the molecule is COc1ccc(-c2cc(S(=O)(=O)Nc3ccc(C(F)(F)F)c(O[C@@H]4CCN(C)C4)c3)sc2Cl)cc1. The first kappa shape index (κ1) is 25.6. The van der Waals surface area contributed by atoms with Gasteiger partial charge in [-0.15, -0.1) is 11.3 Å². The maximum atomic E-state index is 13.5. The fourth-order valence-corrected chi connectivity index (χ4v) is 6.56. The number of anilines is 1. The normalized spacial score (nSPS) is 16.9. The Labute approximate surface area is 210 Å². The third-order valence-electron chi connectivity index (χ3n) is 5.51. The van der Waals surface area contributed by atoms with Crippen LogP contribution in [0.1, 0.15) is 12.0 Å². The molecule has 1 aliphatic heterocycles. The van der Waals surface area contributed by atoms with E-state index in [1.165, 1.54) is 13.2 Å². The van der Waals surface area contributed by atoms with Crippen molar-refractivity contribution in [1.29, 1.82) is 0 Å². The molecule has 1 saturated heterocycles. The molecule has 1 N–H and O–H groups in total. The summed E-state index contributed by atoms with van der Waals surface area (Å²) < 4.78 is 80.0. The van der Waals surface area contributed by atoms with Crippen molar-refractivity contribution < 1.29 is 31.1 Å². The van der Waals surface area contributed by atoms with E-state index in [0.717, 1.165) is 29.5 Å². The highest BCUT2D eigenvalue weighted by atomic mass is 35.5. The molecule has 3 aromatic rings. The van der Waals surface area contributed by atoms with E-state index in [1.807, 2.05) is 11.9 Å². The minimum Gasteiger partial charge on any atom is -0.497 e. The molecule has 6 nitrogen and oxygen atoms in total. The Bertz CT molecular complexity index is 1310. The summed E-state index contributed by atoms with van der Waals surface area (Å²) in [5.74, 6) is 0.223. The van der Waals surface area contributed by atoms with Gasteiger partial charge >= 0.3 is 6.18 Å². The van der Waals surface area contributed by atoms with Crippen LogP contribution < -0.4 is 14.2 Å². The van der Waals surface area contributed by atoms with Crippen LogP contribution in [0.3, 0.4) is 0 Å². The molecule has 1 fully saturated rings. The van der Waals surface area contributed by atoms with E-state index in [0.29, 0.717) is 36.4 Å². The summed E-state index contributed by atoms with van der Waals surface area (Å²) in [6.45, 7) is 1.18. The van der Waals surface area contributed by atoms with Crippen LogP contribution in [0.4, 0.5) is 18.9 Å². The number of benzene rings is 2. The number of likely N-dealkylation sites (N-methyl/N-ethyl adjacent to an activating group) is 1. The zero-order chi connectivity index (χ0) is 25.4. The number of ether oxygens (including phenoxy) is 2. The van der Waals surface area contributed by atoms with Crippen LogP contribution in [-0.2, 0) is 16.2 Å². The zero-order valence-corrected chi connectivity index (χ0v) is 21.1. The highest BCUT2D eigenvalue weighted by Gasteiger charge is 2.36. The fraction of sp³-hybridized carbons (Fsp3) is 0.304. The van der Waals surface area contributed by atoms with Gasteiger partial charge in [0.25, 0.3) is 10.0 Å². The van der Waals surface area contributed by atoms with Gasteiger partial charge in [0, 0.05) is 24.7 Å². The Kier molecular flexibility index (Phi) is 7.23. The Balaban J connectivity index is 1.61. The molecule has 12 heteroatoms. The van der Waals surface area contributed by atoms with Crippen molar-refractivity contribution in [2.45, 2.75) is 22.9 Å². The lowest BCUT2D eigenvalue weighted by Crippen LogP contribution is -2.23. The summed E-state index contributed by atoms with van der Waals surface area (Å²) in [6, 6.07) is 11.3. The van der Waals surface area contributed by atoms with Crippen molar-refractivity contribution in [3.8, 4) is 22.6 Å². The molecular weight excluding hydrogens is 525 g/mol. The summed E-state index contributed by atoms with van der Waals surface area (Å²) in [6.07, 6.45) is -4.49. The minimum absolute atomic E-state index is 0.0464. The lowest BCUT2D eigenvalue weighted by atomic mass is 10.1. The molecule has 0 spiro atoms. The summed E-state index contributed by atoms with van der Waals surface area (Å²) >= 11 is 7.16. The Morgan fingerprint density at radius 2 is 1.86 bits per heavy atom. The van der Waals surface area contributed by atoms with Crippen LogP contribution in [0.5, 0.6) is 11.5 Å². The molecule has 0 amide bonds. The molecule has 1 aliphatic rings. The molecule has 1 atom stereocenters. The van der Waals surface area contributed by atoms with Crippen molar-refractivity contribution in [3.05, 3.63) is 58.4 Å². The van der Waals surface area contributed by atoms with Gasteiger partial charge in [-0.1, -0.05) is 23.7 Å². The van der Waals surface area contributed by atoms with Crippen molar-refractivity contribution >= 4 is 38.6 Å². The number of methoxy groups -OCH3 is 1. The van der Waals surface area contributed by atoms with Crippen molar-refractivity contribution in [3.63, 3.8) is 0 Å². The van der Waals surface area contributed by atoms with Crippen LogP contribution in [0.25, 0.3) is 11.1 Å². The van der Waals surface area contributed by atoms with Gasteiger partial charge in [-0.05, 0) is 49.4 Å². The van der Waals surface area contributed by atoms with E-state index in [1.54, 1.807) is 24.3 Å². The molecule has 0 aliphatic carbocycles. The van der Waals surface area contributed by atoms with E-state index in [-0.39, 0.29) is 14.2 Å². The number of alkyl halides is 3. The van der Waals surface area contributed by atoms with Crippen LogP contribution in [0, 0.1) is 0 Å². The highest BCUT2D eigenvalue weighted by molar-refractivity contribution is 7.94. The van der Waals surface area contributed by atoms with Crippen LogP contribution in [0.2, 0.25) is 4.34 Å². The smallest absolute Gasteiger partial charge is 0.419 e. The molecule has 2 aromatic carbocycles. The van der Waals surface area contributed by atoms with Crippen LogP contribution in [0.15, 0.2) is 52.7 Å². The van der Waals surface area contributed by atoms with Crippen molar-refractivity contribution in [2.75, 3.05) is 32.0 Å². The molecule has 35 heavy (non-hydrogen) atoms. The van der Waals surface area contributed by atoms with E-state index in [4.69, 9.17) is 21.1 Å². The van der Waals surface area contributed by atoms with E-state index < -0.39 is 33.6 Å². The zero-order valence-electron chi connectivity index (χ0n) is 18.7. The average molecular weight is 547 g/mol.